The lowest BCUT2D eigenvalue weighted by Gasteiger charge is -2.23. The Labute approximate surface area is 181 Å². The van der Waals surface area contributed by atoms with Gasteiger partial charge in [0, 0.05) is 32.4 Å². The van der Waals surface area contributed by atoms with Crippen molar-refractivity contribution >= 4 is 44.6 Å². The van der Waals surface area contributed by atoms with Crippen LogP contribution in [-0.4, -0.2) is 39.8 Å². The number of para-hydroxylation sites is 3. The van der Waals surface area contributed by atoms with E-state index < -0.39 is 15.9 Å². The Bertz CT molecular complexity index is 1170. The zero-order chi connectivity index (χ0) is 21.9. The molecule has 0 aliphatic carbocycles. The van der Waals surface area contributed by atoms with Crippen molar-refractivity contribution in [1.29, 1.82) is 0 Å². The van der Waals surface area contributed by atoms with E-state index in [1.807, 2.05) is 60.5 Å². The van der Waals surface area contributed by atoms with Crippen LogP contribution >= 0.6 is 11.6 Å². The molecule has 3 aromatic carbocycles. The molecule has 0 fully saturated rings. The molecule has 8 heteroatoms. The molecule has 156 valence electrons. The molecule has 0 heterocycles. The van der Waals surface area contributed by atoms with Crippen LogP contribution in [0, 0.1) is 0 Å². The van der Waals surface area contributed by atoms with Gasteiger partial charge in [0.2, 0.25) is 10.0 Å². The van der Waals surface area contributed by atoms with Gasteiger partial charge in [-0.25, -0.2) is 12.7 Å². The van der Waals surface area contributed by atoms with Crippen LogP contribution in [-0.2, 0) is 10.0 Å². The fraction of sp³-hybridized carbons (Fsp3) is 0.136. The number of anilines is 3. The van der Waals surface area contributed by atoms with Crippen molar-refractivity contribution in [3.63, 3.8) is 0 Å². The van der Waals surface area contributed by atoms with Crippen molar-refractivity contribution in [3.8, 4) is 0 Å². The van der Waals surface area contributed by atoms with Gasteiger partial charge in [0.1, 0.15) is 4.90 Å². The van der Waals surface area contributed by atoms with Crippen LogP contribution < -0.4 is 10.2 Å². The van der Waals surface area contributed by atoms with Gasteiger partial charge in [-0.3, -0.25) is 4.79 Å². The topological polar surface area (TPSA) is 69.7 Å². The summed E-state index contributed by atoms with van der Waals surface area (Å²) in [6.45, 7) is 0. The molecule has 0 atom stereocenters. The van der Waals surface area contributed by atoms with Crippen molar-refractivity contribution in [2.75, 3.05) is 31.4 Å². The van der Waals surface area contributed by atoms with Gasteiger partial charge in [-0.2, -0.15) is 0 Å². The molecule has 30 heavy (non-hydrogen) atoms. The maximum absolute atomic E-state index is 12.9. The summed E-state index contributed by atoms with van der Waals surface area (Å²) in [6, 6.07) is 21.3. The quantitative estimate of drug-likeness (QED) is 0.604. The molecule has 3 rings (SSSR count). The molecule has 1 N–H and O–H groups in total. The fourth-order valence-electron chi connectivity index (χ4n) is 2.90. The second-order valence-corrected chi connectivity index (χ2v) is 9.33. The number of carbonyl (C=O) groups is 1. The van der Waals surface area contributed by atoms with Gasteiger partial charge in [-0.1, -0.05) is 41.9 Å². The number of amides is 1. The first-order valence-corrected chi connectivity index (χ1v) is 10.9. The molecule has 0 radical (unpaired) electrons. The van der Waals surface area contributed by atoms with Crippen LogP contribution in [0.1, 0.15) is 10.4 Å². The number of hydrogen-bond donors (Lipinski definition) is 1. The number of nitrogens with zero attached hydrogens (tertiary/aromatic N) is 2. The molecule has 0 saturated heterocycles. The van der Waals surface area contributed by atoms with E-state index in [0.29, 0.717) is 5.69 Å². The molecule has 0 aliphatic rings. The summed E-state index contributed by atoms with van der Waals surface area (Å²) in [5, 5.41) is 2.93. The van der Waals surface area contributed by atoms with Crippen molar-refractivity contribution < 1.29 is 13.2 Å². The minimum atomic E-state index is -3.78. The molecule has 0 saturated carbocycles. The molecule has 0 spiro atoms. The maximum atomic E-state index is 12.9. The minimum Gasteiger partial charge on any atom is -0.343 e. The number of nitrogens with one attached hydrogen (secondary N) is 1. The molecule has 0 aliphatic heterocycles. The summed E-state index contributed by atoms with van der Waals surface area (Å²) in [5.41, 5.74) is 2.55. The predicted molar refractivity (Wildman–Crippen MR) is 121 cm³/mol. The van der Waals surface area contributed by atoms with E-state index in [1.54, 1.807) is 6.07 Å². The van der Waals surface area contributed by atoms with Crippen LogP contribution in [0.5, 0.6) is 0 Å². The normalized spacial score (nSPS) is 11.4. The van der Waals surface area contributed by atoms with E-state index in [1.165, 1.54) is 32.3 Å². The van der Waals surface area contributed by atoms with Crippen LogP contribution in [0.2, 0.25) is 5.02 Å². The molecule has 0 unspecified atom stereocenters. The second kappa shape index (κ2) is 8.87. The van der Waals surface area contributed by atoms with E-state index in [4.69, 9.17) is 11.6 Å². The largest absolute Gasteiger partial charge is 0.343 e. The Hall–Kier alpha value is -2.87. The number of hydrogen-bond acceptors (Lipinski definition) is 4. The standard InChI is InChI=1S/C22H22ClN3O3S/c1-25(2)30(28,29)21-15-16(13-14-18(21)23)22(27)24-19-11-7-8-12-20(19)26(3)17-9-5-4-6-10-17/h4-15H,1-3H3,(H,24,27). The van der Waals surface area contributed by atoms with Gasteiger partial charge in [0.05, 0.1) is 16.4 Å². The average molecular weight is 444 g/mol. The van der Waals surface area contributed by atoms with Crippen LogP contribution in [0.25, 0.3) is 0 Å². The van der Waals surface area contributed by atoms with Gasteiger partial charge < -0.3 is 10.2 Å². The minimum absolute atomic E-state index is 0.0597. The molecule has 0 bridgehead atoms. The smallest absolute Gasteiger partial charge is 0.255 e. The van der Waals surface area contributed by atoms with E-state index in [9.17, 15) is 13.2 Å². The van der Waals surface area contributed by atoms with E-state index in [2.05, 4.69) is 5.32 Å². The summed E-state index contributed by atoms with van der Waals surface area (Å²) in [7, 11) is 0.948. The summed E-state index contributed by atoms with van der Waals surface area (Å²) in [4.78, 5) is 14.7. The highest BCUT2D eigenvalue weighted by molar-refractivity contribution is 7.89. The summed E-state index contributed by atoms with van der Waals surface area (Å²) in [6.07, 6.45) is 0. The lowest BCUT2D eigenvalue weighted by atomic mass is 10.2. The SMILES string of the molecule is CN(c1ccccc1)c1ccccc1NC(=O)c1ccc(Cl)c(S(=O)(=O)N(C)C)c1. The third-order valence-corrected chi connectivity index (χ3v) is 6.91. The van der Waals surface area contributed by atoms with Crippen LogP contribution in [0.15, 0.2) is 77.7 Å². The monoisotopic (exact) mass is 443 g/mol. The maximum Gasteiger partial charge on any atom is 0.255 e. The third kappa shape index (κ3) is 4.48. The molecular formula is C22H22ClN3O3S. The van der Waals surface area contributed by atoms with Gasteiger partial charge in [0.25, 0.3) is 5.91 Å². The van der Waals surface area contributed by atoms with Gasteiger partial charge in [-0.15, -0.1) is 0 Å². The fourth-order valence-corrected chi connectivity index (χ4v) is 4.29. The third-order valence-electron chi connectivity index (χ3n) is 4.61. The van der Waals surface area contributed by atoms with Crippen molar-refractivity contribution in [2.45, 2.75) is 4.90 Å². The lowest BCUT2D eigenvalue weighted by molar-refractivity contribution is 0.102. The Morgan fingerprint density at radius 3 is 2.20 bits per heavy atom. The molecule has 3 aromatic rings. The summed E-state index contributed by atoms with van der Waals surface area (Å²) in [5.74, 6) is -0.434. The molecule has 0 aromatic heterocycles. The van der Waals surface area contributed by atoms with Crippen LogP contribution in [0.3, 0.4) is 0 Å². The van der Waals surface area contributed by atoms with E-state index in [0.717, 1.165) is 15.7 Å². The Kier molecular flexibility index (Phi) is 6.45. The lowest BCUT2D eigenvalue weighted by Crippen LogP contribution is -2.23. The highest BCUT2D eigenvalue weighted by Gasteiger charge is 2.23. The molecule has 6 nitrogen and oxygen atoms in total. The van der Waals surface area contributed by atoms with Crippen molar-refractivity contribution in [2.24, 2.45) is 0 Å². The van der Waals surface area contributed by atoms with Crippen LogP contribution in [0.4, 0.5) is 17.1 Å². The first kappa shape index (κ1) is 21.8. The highest BCUT2D eigenvalue weighted by atomic mass is 35.5. The Morgan fingerprint density at radius 1 is 0.900 bits per heavy atom. The zero-order valence-corrected chi connectivity index (χ0v) is 18.4. The Balaban J connectivity index is 1.93. The predicted octanol–water partition coefficient (Wildman–Crippen LogP) is 4.61. The zero-order valence-electron chi connectivity index (χ0n) is 16.8. The van der Waals surface area contributed by atoms with Crippen molar-refractivity contribution in [3.05, 3.63) is 83.4 Å². The highest BCUT2D eigenvalue weighted by Crippen LogP contribution is 2.31. The Morgan fingerprint density at radius 2 is 1.53 bits per heavy atom. The number of benzene rings is 3. The summed E-state index contributed by atoms with van der Waals surface area (Å²) >= 11 is 6.08. The molecular weight excluding hydrogens is 422 g/mol. The van der Waals surface area contributed by atoms with E-state index in [-0.39, 0.29) is 15.5 Å². The number of halogens is 1. The van der Waals surface area contributed by atoms with E-state index >= 15 is 0 Å². The van der Waals surface area contributed by atoms with Crippen molar-refractivity contribution in [1.82, 2.24) is 4.31 Å². The number of carbonyl (C=O) groups excluding carboxylic acids is 1. The van der Waals surface area contributed by atoms with Gasteiger partial charge in [0.15, 0.2) is 0 Å². The average Bonchev–Trinajstić information content (AvgIpc) is 2.74. The number of rotatable bonds is 6. The first-order chi connectivity index (χ1) is 14.2. The summed E-state index contributed by atoms with van der Waals surface area (Å²) < 4.78 is 26.0. The van der Waals surface area contributed by atoms with Gasteiger partial charge >= 0.3 is 0 Å². The molecule has 1 amide bonds. The first-order valence-electron chi connectivity index (χ1n) is 9.13. The second-order valence-electron chi connectivity index (χ2n) is 6.80. The van der Waals surface area contributed by atoms with Gasteiger partial charge in [-0.05, 0) is 42.5 Å². The number of sulfonamides is 1.